The number of aromatic nitrogens is 5. The number of ether oxygens (including phenoxy) is 1. The van der Waals surface area contributed by atoms with E-state index in [1.54, 1.807) is 22.5 Å². The van der Waals surface area contributed by atoms with Crippen molar-refractivity contribution in [1.29, 1.82) is 0 Å². The van der Waals surface area contributed by atoms with Crippen LogP contribution >= 0.6 is 0 Å². The van der Waals surface area contributed by atoms with Gasteiger partial charge in [0.25, 0.3) is 11.5 Å². The number of rotatable bonds is 4. The predicted octanol–water partition coefficient (Wildman–Crippen LogP) is 3.01. The molecule has 1 aromatic carbocycles. The van der Waals surface area contributed by atoms with Gasteiger partial charge in [-0.15, -0.1) is 5.10 Å². The van der Waals surface area contributed by atoms with Crippen molar-refractivity contribution < 1.29 is 9.53 Å². The van der Waals surface area contributed by atoms with Gasteiger partial charge in [0.2, 0.25) is 0 Å². The molecule has 4 aromatic rings. The van der Waals surface area contributed by atoms with Crippen LogP contribution in [0.5, 0.6) is 5.75 Å². The van der Waals surface area contributed by atoms with E-state index in [0.29, 0.717) is 37.4 Å². The van der Waals surface area contributed by atoms with E-state index in [1.165, 1.54) is 6.07 Å². The van der Waals surface area contributed by atoms with Gasteiger partial charge in [0.1, 0.15) is 11.4 Å². The molecule has 1 fully saturated rings. The summed E-state index contributed by atoms with van der Waals surface area (Å²) in [5.41, 5.74) is 3.13. The van der Waals surface area contributed by atoms with E-state index in [1.807, 2.05) is 49.1 Å². The number of hydrogen-bond acceptors (Lipinski definition) is 5. The Labute approximate surface area is 190 Å². The molecule has 170 valence electrons. The zero-order valence-corrected chi connectivity index (χ0v) is 18.9. The van der Waals surface area contributed by atoms with Crippen LogP contribution in [-0.2, 0) is 0 Å². The number of H-pyrrole nitrogens is 1. The van der Waals surface area contributed by atoms with Crippen LogP contribution in [0.4, 0.5) is 0 Å². The van der Waals surface area contributed by atoms with Gasteiger partial charge in [-0.3, -0.25) is 9.59 Å². The molecule has 9 heteroatoms. The molecule has 3 aromatic heterocycles. The summed E-state index contributed by atoms with van der Waals surface area (Å²) < 4.78 is 8.55. The monoisotopic (exact) mass is 446 g/mol. The predicted molar refractivity (Wildman–Crippen MR) is 124 cm³/mol. The van der Waals surface area contributed by atoms with Crippen molar-refractivity contribution in [3.05, 3.63) is 69.9 Å². The number of nitrogens with zero attached hydrogens (tertiary/aromatic N) is 5. The first-order valence-corrected chi connectivity index (χ1v) is 11.0. The lowest BCUT2D eigenvalue weighted by molar-refractivity contribution is 0.0683. The molecule has 4 heterocycles. The number of likely N-dealkylation sites (tertiary alicyclic amines) is 1. The minimum Gasteiger partial charge on any atom is -0.497 e. The summed E-state index contributed by atoms with van der Waals surface area (Å²) in [7, 11) is 1.62. The lowest BCUT2D eigenvalue weighted by Gasteiger charge is -2.32. The molecule has 5 rings (SSSR count). The molecule has 0 bridgehead atoms. The number of benzene rings is 1. The highest BCUT2D eigenvalue weighted by atomic mass is 16.5. The lowest BCUT2D eigenvalue weighted by Crippen LogP contribution is -2.41. The Balaban J connectivity index is 1.32. The second-order valence-corrected chi connectivity index (χ2v) is 8.47. The molecule has 1 aliphatic rings. The second-order valence-electron chi connectivity index (χ2n) is 8.47. The Hall–Kier alpha value is -3.88. The summed E-state index contributed by atoms with van der Waals surface area (Å²) in [6.07, 6.45) is 1.32. The molecule has 1 N–H and O–H groups in total. The van der Waals surface area contributed by atoms with Crippen LogP contribution in [0.25, 0.3) is 16.7 Å². The van der Waals surface area contributed by atoms with Crippen LogP contribution in [-0.4, -0.2) is 55.6 Å². The fourth-order valence-electron chi connectivity index (χ4n) is 4.48. The van der Waals surface area contributed by atoms with Crippen LogP contribution in [0.2, 0.25) is 0 Å². The maximum Gasteiger partial charge on any atom is 0.270 e. The van der Waals surface area contributed by atoms with E-state index in [-0.39, 0.29) is 17.5 Å². The molecule has 1 saturated heterocycles. The van der Waals surface area contributed by atoms with Crippen LogP contribution in [0.3, 0.4) is 0 Å². The minimum absolute atomic E-state index is 0.0414. The number of hydrogen-bond donors (Lipinski definition) is 1. The van der Waals surface area contributed by atoms with Gasteiger partial charge in [0.15, 0.2) is 5.82 Å². The van der Waals surface area contributed by atoms with Gasteiger partial charge in [0, 0.05) is 41.8 Å². The number of carbonyl (C=O) groups excluding carboxylic acids is 1. The van der Waals surface area contributed by atoms with E-state index in [4.69, 9.17) is 4.74 Å². The van der Waals surface area contributed by atoms with E-state index in [9.17, 15) is 9.59 Å². The standard InChI is InChI=1S/C24H26N6O3/c1-15-12-16(2)29(26-15)22-6-7-23(31)30(27-22)18-8-10-28(11-9-18)24(32)21-13-17-4-5-19(33-3)14-20(17)25-21/h4-7,12-14,18,25H,8-11H2,1-3H3. The Kier molecular flexibility index (Phi) is 5.24. The number of piperidine rings is 1. The van der Waals surface area contributed by atoms with Crippen molar-refractivity contribution in [2.45, 2.75) is 32.7 Å². The third-order valence-corrected chi connectivity index (χ3v) is 6.20. The third-order valence-electron chi connectivity index (χ3n) is 6.20. The normalized spacial score (nSPS) is 14.7. The summed E-state index contributed by atoms with van der Waals surface area (Å²) in [5, 5.41) is 10.0. The van der Waals surface area contributed by atoms with Gasteiger partial charge in [-0.2, -0.15) is 5.10 Å². The number of methoxy groups -OCH3 is 1. The van der Waals surface area contributed by atoms with Crippen LogP contribution in [0, 0.1) is 13.8 Å². The van der Waals surface area contributed by atoms with Crippen molar-refractivity contribution in [3.63, 3.8) is 0 Å². The van der Waals surface area contributed by atoms with Gasteiger partial charge in [-0.1, -0.05) is 0 Å². The van der Waals surface area contributed by atoms with Crippen molar-refractivity contribution >= 4 is 16.8 Å². The van der Waals surface area contributed by atoms with Crippen molar-refractivity contribution in [3.8, 4) is 11.6 Å². The minimum atomic E-state index is -0.144. The van der Waals surface area contributed by atoms with Crippen molar-refractivity contribution in [1.82, 2.24) is 29.4 Å². The molecule has 0 spiro atoms. The first-order chi connectivity index (χ1) is 15.9. The molecular formula is C24H26N6O3. The molecule has 0 atom stereocenters. The number of aryl methyl sites for hydroxylation is 2. The van der Waals surface area contributed by atoms with Crippen LogP contribution < -0.4 is 10.3 Å². The highest BCUT2D eigenvalue weighted by Crippen LogP contribution is 2.25. The average molecular weight is 447 g/mol. The number of amides is 1. The zero-order chi connectivity index (χ0) is 23.1. The Morgan fingerprint density at radius 1 is 1.06 bits per heavy atom. The number of nitrogens with one attached hydrogen (secondary N) is 1. The molecule has 0 aliphatic carbocycles. The van der Waals surface area contributed by atoms with E-state index < -0.39 is 0 Å². The molecule has 33 heavy (non-hydrogen) atoms. The molecule has 0 radical (unpaired) electrons. The Morgan fingerprint density at radius 2 is 1.85 bits per heavy atom. The van der Waals surface area contributed by atoms with E-state index in [0.717, 1.165) is 28.0 Å². The molecule has 9 nitrogen and oxygen atoms in total. The first-order valence-electron chi connectivity index (χ1n) is 11.0. The van der Waals surface area contributed by atoms with Crippen LogP contribution in [0.1, 0.15) is 40.8 Å². The second kappa shape index (κ2) is 8.23. The fourth-order valence-corrected chi connectivity index (χ4v) is 4.48. The topological polar surface area (TPSA) is 98.0 Å². The molecule has 0 saturated carbocycles. The van der Waals surface area contributed by atoms with Gasteiger partial charge in [-0.25, -0.2) is 9.36 Å². The van der Waals surface area contributed by atoms with E-state index >= 15 is 0 Å². The molecule has 0 unspecified atom stereocenters. The lowest BCUT2D eigenvalue weighted by atomic mass is 10.0. The van der Waals surface area contributed by atoms with Gasteiger partial charge in [-0.05, 0) is 57.0 Å². The van der Waals surface area contributed by atoms with Gasteiger partial charge < -0.3 is 14.6 Å². The van der Waals surface area contributed by atoms with Gasteiger partial charge in [0.05, 0.1) is 18.8 Å². The third kappa shape index (κ3) is 3.90. The highest BCUT2D eigenvalue weighted by Gasteiger charge is 2.27. The maximum absolute atomic E-state index is 13.1. The Bertz CT molecular complexity index is 1390. The molecule has 1 amide bonds. The van der Waals surface area contributed by atoms with E-state index in [2.05, 4.69) is 15.2 Å². The molecule has 1 aliphatic heterocycles. The highest BCUT2D eigenvalue weighted by molar-refractivity contribution is 5.98. The largest absolute Gasteiger partial charge is 0.497 e. The summed E-state index contributed by atoms with van der Waals surface area (Å²) in [6, 6.07) is 12.7. The van der Waals surface area contributed by atoms with Crippen molar-refractivity contribution in [2.75, 3.05) is 20.2 Å². The number of carbonyl (C=O) groups is 1. The maximum atomic E-state index is 13.1. The smallest absolute Gasteiger partial charge is 0.270 e. The van der Waals surface area contributed by atoms with Gasteiger partial charge >= 0.3 is 0 Å². The first kappa shape index (κ1) is 21.0. The SMILES string of the molecule is COc1ccc2cc(C(=O)N3CCC(n4nc(-n5nc(C)cc5C)ccc4=O)CC3)[nH]c2c1. The average Bonchev–Trinajstić information content (AvgIpc) is 3.40. The summed E-state index contributed by atoms with van der Waals surface area (Å²) in [4.78, 5) is 30.7. The molecular weight excluding hydrogens is 420 g/mol. The van der Waals surface area contributed by atoms with Crippen LogP contribution in [0.15, 0.2) is 47.3 Å². The Morgan fingerprint density at radius 3 is 2.55 bits per heavy atom. The number of aromatic amines is 1. The zero-order valence-electron chi connectivity index (χ0n) is 18.9. The van der Waals surface area contributed by atoms with Crippen molar-refractivity contribution in [2.24, 2.45) is 0 Å². The summed E-state index contributed by atoms with van der Waals surface area (Å²) in [6.45, 7) is 5.00. The quantitative estimate of drug-likeness (QED) is 0.520. The fraction of sp³-hybridized carbons (Fsp3) is 0.333. The summed E-state index contributed by atoms with van der Waals surface area (Å²) in [5.74, 6) is 1.32. The number of fused-ring (bicyclic) bond motifs is 1. The summed E-state index contributed by atoms with van der Waals surface area (Å²) >= 11 is 0.